The number of alkyl halides is 3. The van der Waals surface area contributed by atoms with E-state index in [-0.39, 0.29) is 11.8 Å². The highest BCUT2D eigenvalue weighted by Gasteiger charge is 2.34. The van der Waals surface area contributed by atoms with Gasteiger partial charge >= 0.3 is 6.18 Å². The van der Waals surface area contributed by atoms with Crippen LogP contribution in [0.5, 0.6) is 0 Å². The molecule has 3 N–H and O–H groups in total. The van der Waals surface area contributed by atoms with Crippen LogP contribution in [-0.4, -0.2) is 61.2 Å². The van der Waals surface area contributed by atoms with E-state index < -0.39 is 18.8 Å². The lowest BCUT2D eigenvalue weighted by Crippen LogP contribution is -2.43. The van der Waals surface area contributed by atoms with Gasteiger partial charge in [0.1, 0.15) is 0 Å². The molecule has 1 rings (SSSR count). The lowest BCUT2D eigenvalue weighted by Gasteiger charge is -2.18. The van der Waals surface area contributed by atoms with Gasteiger partial charge in [0.25, 0.3) is 0 Å². The van der Waals surface area contributed by atoms with Crippen LogP contribution in [0.2, 0.25) is 0 Å². The molecule has 0 aromatic rings. The number of carbonyl (C=O) groups excluding carboxylic acids is 1. The summed E-state index contributed by atoms with van der Waals surface area (Å²) in [5.74, 6) is 0.680. The highest BCUT2D eigenvalue weighted by Crippen LogP contribution is 2.22. The number of likely N-dealkylation sites (tertiary alicyclic amines) is 1. The van der Waals surface area contributed by atoms with Crippen LogP contribution in [0.1, 0.15) is 12.8 Å². The van der Waals surface area contributed by atoms with Crippen molar-refractivity contribution >= 4 is 17.7 Å². The predicted octanol–water partition coefficient (Wildman–Crippen LogP) is 1.07. The second-order valence-electron chi connectivity index (χ2n) is 5.14. The number of amides is 1. The zero-order chi connectivity index (χ0) is 15.2. The van der Waals surface area contributed by atoms with Gasteiger partial charge in [-0.1, -0.05) is 0 Å². The van der Waals surface area contributed by atoms with Gasteiger partial charge in [0, 0.05) is 13.1 Å². The number of nitrogens with one attached hydrogen (secondary N) is 1. The van der Waals surface area contributed by atoms with Crippen molar-refractivity contribution < 1.29 is 18.0 Å². The summed E-state index contributed by atoms with van der Waals surface area (Å²) in [6.07, 6.45) is -0.926. The molecule has 1 heterocycles. The molecule has 0 bridgehead atoms. The van der Waals surface area contributed by atoms with Crippen molar-refractivity contribution in [2.75, 3.05) is 38.2 Å². The number of thioether (sulfide) groups is 1. The number of hydrogen-bond acceptors (Lipinski definition) is 4. The van der Waals surface area contributed by atoms with E-state index >= 15 is 0 Å². The molecular formula is C12H22F3N3OS. The average molecular weight is 313 g/mol. The van der Waals surface area contributed by atoms with E-state index in [1.54, 1.807) is 11.8 Å². The normalized spacial score (nSPS) is 21.9. The van der Waals surface area contributed by atoms with Gasteiger partial charge in [0.2, 0.25) is 5.91 Å². The standard InChI is InChI=1S/C12H22F3N3OS/c1-20-5-3-10(16)11(19)17-6-9-2-4-18(7-9)8-12(13,14)15/h9-10H,2-8,16H2,1H3,(H,17,19)/t9?,10-/m1/s1. The van der Waals surface area contributed by atoms with E-state index in [0.29, 0.717) is 32.5 Å². The Balaban J connectivity index is 2.22. The Morgan fingerprint density at radius 3 is 2.85 bits per heavy atom. The summed E-state index contributed by atoms with van der Waals surface area (Å²) in [6, 6.07) is -0.532. The monoisotopic (exact) mass is 313 g/mol. The molecule has 1 unspecified atom stereocenters. The molecule has 0 aromatic heterocycles. The van der Waals surface area contributed by atoms with E-state index in [1.807, 2.05) is 6.26 Å². The number of nitrogens with two attached hydrogens (primary N) is 1. The zero-order valence-corrected chi connectivity index (χ0v) is 12.4. The molecule has 1 fully saturated rings. The van der Waals surface area contributed by atoms with Crippen LogP contribution in [0.25, 0.3) is 0 Å². The van der Waals surface area contributed by atoms with Gasteiger partial charge in [-0.05, 0) is 37.3 Å². The molecule has 0 aliphatic carbocycles. The Morgan fingerprint density at radius 1 is 1.55 bits per heavy atom. The first-order valence-electron chi connectivity index (χ1n) is 6.63. The minimum absolute atomic E-state index is 0.0778. The van der Waals surface area contributed by atoms with Gasteiger partial charge in [0.05, 0.1) is 12.6 Å². The molecule has 1 aliphatic heterocycles. The van der Waals surface area contributed by atoms with Crippen molar-refractivity contribution in [2.24, 2.45) is 11.7 Å². The molecule has 0 radical (unpaired) electrons. The first kappa shape index (κ1) is 17.6. The zero-order valence-electron chi connectivity index (χ0n) is 11.6. The molecule has 1 aliphatic rings. The summed E-state index contributed by atoms with van der Waals surface area (Å²) in [6.45, 7) is 0.337. The molecule has 20 heavy (non-hydrogen) atoms. The first-order chi connectivity index (χ1) is 9.31. The van der Waals surface area contributed by atoms with Crippen LogP contribution >= 0.6 is 11.8 Å². The molecule has 0 spiro atoms. The summed E-state index contributed by atoms with van der Waals surface area (Å²) in [7, 11) is 0. The lowest BCUT2D eigenvalue weighted by atomic mass is 10.1. The van der Waals surface area contributed by atoms with E-state index in [1.165, 1.54) is 4.90 Å². The maximum Gasteiger partial charge on any atom is 0.401 e. The third-order valence-electron chi connectivity index (χ3n) is 3.31. The quantitative estimate of drug-likeness (QED) is 0.738. The van der Waals surface area contributed by atoms with E-state index in [4.69, 9.17) is 5.73 Å². The number of halogens is 3. The Kier molecular flexibility index (Phi) is 7.11. The number of rotatable bonds is 7. The summed E-state index contributed by atoms with van der Waals surface area (Å²) >= 11 is 1.62. The summed E-state index contributed by atoms with van der Waals surface area (Å²) in [5, 5.41) is 2.74. The van der Waals surface area contributed by atoms with Gasteiger partial charge in [-0.15, -0.1) is 0 Å². The lowest BCUT2D eigenvalue weighted by molar-refractivity contribution is -0.143. The Morgan fingerprint density at radius 2 is 2.25 bits per heavy atom. The summed E-state index contributed by atoms with van der Waals surface area (Å²) in [4.78, 5) is 13.1. The van der Waals surface area contributed by atoms with Crippen LogP contribution in [0, 0.1) is 5.92 Å². The predicted molar refractivity (Wildman–Crippen MR) is 74.6 cm³/mol. The van der Waals surface area contributed by atoms with Crippen LogP contribution in [0.15, 0.2) is 0 Å². The largest absolute Gasteiger partial charge is 0.401 e. The second-order valence-corrected chi connectivity index (χ2v) is 6.12. The van der Waals surface area contributed by atoms with Gasteiger partial charge in [-0.25, -0.2) is 0 Å². The SMILES string of the molecule is CSCC[C@@H](N)C(=O)NCC1CCN(CC(F)(F)F)C1. The van der Waals surface area contributed by atoms with Crippen LogP contribution in [0.4, 0.5) is 13.2 Å². The number of carbonyl (C=O) groups is 1. The van der Waals surface area contributed by atoms with Gasteiger partial charge < -0.3 is 11.1 Å². The molecule has 0 aromatic carbocycles. The third kappa shape index (κ3) is 6.81. The first-order valence-corrected chi connectivity index (χ1v) is 8.02. The highest BCUT2D eigenvalue weighted by molar-refractivity contribution is 7.98. The Hall–Kier alpha value is -0.470. The van der Waals surface area contributed by atoms with Gasteiger partial charge in [-0.2, -0.15) is 24.9 Å². The minimum atomic E-state index is -4.15. The molecular weight excluding hydrogens is 291 g/mol. The maximum atomic E-state index is 12.2. The van der Waals surface area contributed by atoms with E-state index in [2.05, 4.69) is 5.32 Å². The van der Waals surface area contributed by atoms with Crippen molar-refractivity contribution in [3.8, 4) is 0 Å². The van der Waals surface area contributed by atoms with Crippen molar-refractivity contribution in [1.82, 2.24) is 10.2 Å². The third-order valence-corrected chi connectivity index (χ3v) is 3.95. The van der Waals surface area contributed by atoms with E-state index in [0.717, 1.165) is 5.75 Å². The Labute approximate surface area is 121 Å². The second kappa shape index (κ2) is 8.09. The van der Waals surface area contributed by atoms with Gasteiger partial charge in [0.15, 0.2) is 0 Å². The van der Waals surface area contributed by atoms with Gasteiger partial charge in [-0.3, -0.25) is 9.69 Å². The molecule has 2 atom stereocenters. The molecule has 1 amide bonds. The minimum Gasteiger partial charge on any atom is -0.354 e. The Bertz CT molecular complexity index is 315. The highest BCUT2D eigenvalue weighted by atomic mass is 32.2. The van der Waals surface area contributed by atoms with Crippen molar-refractivity contribution in [1.29, 1.82) is 0 Å². The topological polar surface area (TPSA) is 58.4 Å². The molecule has 118 valence electrons. The fourth-order valence-corrected chi connectivity index (χ4v) is 2.72. The average Bonchev–Trinajstić information content (AvgIpc) is 2.78. The molecule has 8 heteroatoms. The summed E-state index contributed by atoms with van der Waals surface area (Å²) in [5.41, 5.74) is 5.71. The smallest absolute Gasteiger partial charge is 0.354 e. The van der Waals surface area contributed by atoms with Crippen LogP contribution in [0.3, 0.4) is 0 Å². The van der Waals surface area contributed by atoms with Crippen LogP contribution < -0.4 is 11.1 Å². The fourth-order valence-electron chi connectivity index (χ4n) is 2.23. The fraction of sp³-hybridized carbons (Fsp3) is 0.917. The maximum absolute atomic E-state index is 12.2. The van der Waals surface area contributed by atoms with Crippen molar-refractivity contribution in [3.63, 3.8) is 0 Å². The van der Waals surface area contributed by atoms with Crippen molar-refractivity contribution in [2.45, 2.75) is 25.1 Å². The van der Waals surface area contributed by atoms with Crippen LogP contribution in [-0.2, 0) is 4.79 Å². The van der Waals surface area contributed by atoms with Crippen molar-refractivity contribution in [3.05, 3.63) is 0 Å². The molecule has 0 saturated carbocycles. The number of nitrogens with zero attached hydrogens (tertiary/aromatic N) is 1. The summed E-state index contributed by atoms with van der Waals surface area (Å²) < 4.78 is 36.7. The molecule has 1 saturated heterocycles. The number of hydrogen-bond donors (Lipinski definition) is 2. The molecule has 4 nitrogen and oxygen atoms in total. The van der Waals surface area contributed by atoms with E-state index in [9.17, 15) is 18.0 Å².